The summed E-state index contributed by atoms with van der Waals surface area (Å²) in [5.41, 5.74) is 14.5. The van der Waals surface area contributed by atoms with E-state index in [4.69, 9.17) is 0 Å². The maximum absolute atomic E-state index is 2.96. The van der Waals surface area contributed by atoms with Gasteiger partial charge in [0.15, 0.2) is 0 Å². The van der Waals surface area contributed by atoms with Crippen molar-refractivity contribution in [2.75, 3.05) is 0 Å². The second-order valence-electron chi connectivity index (χ2n) is 15.4. The Morgan fingerprint density at radius 1 is 0.633 bits per heavy atom. The number of allylic oxidation sites excluding steroid dienone is 4. The van der Waals surface area contributed by atoms with Gasteiger partial charge in [-0.25, -0.2) is 0 Å². The predicted molar refractivity (Wildman–Crippen MR) is 199 cm³/mol. The summed E-state index contributed by atoms with van der Waals surface area (Å²) in [6.45, 7) is 16.7. The van der Waals surface area contributed by atoms with E-state index in [1.54, 1.807) is 15.3 Å². The van der Waals surface area contributed by atoms with Gasteiger partial charge in [0.2, 0.25) is 0 Å². The monoisotopic (exact) mass is 758 g/mol. The van der Waals surface area contributed by atoms with Crippen LogP contribution in [0, 0.1) is 5.92 Å². The Labute approximate surface area is 314 Å². The molecule has 5 aromatic carbocycles. The first kappa shape index (κ1) is 37.2. The molecule has 0 aromatic heterocycles. The number of halogens is 2. The van der Waals surface area contributed by atoms with Crippen LogP contribution >= 0.6 is 0 Å². The molecule has 0 heterocycles. The molecule has 0 bridgehead atoms. The minimum atomic E-state index is -2.96. The molecule has 5 aromatic rings. The fraction of sp³-hybridized carbons (Fsp3) is 0.239. The number of fused-ring (bicyclic) bond motifs is 3. The van der Waals surface area contributed by atoms with E-state index in [1.165, 1.54) is 50.1 Å². The molecule has 0 nitrogen and oxygen atoms in total. The molecule has 3 heteroatoms. The maximum Gasteiger partial charge on any atom is -1.00 e. The van der Waals surface area contributed by atoms with Crippen LogP contribution in [0.1, 0.15) is 87.4 Å². The standard InChI is InChI=1S/C21H25.C13H10.C12H11.2ClH.Zr/c1-20(2,3)16-7-9-18-14(12-16)11-15-13-17(21(4,5)6)8-10-19(15)18;1-3-7-12(8-4-1)11-13-9-5-2-6-10-13;1-10-7-8-12(9-10)11-5-3-2-4-6-11;;;/h7-10,12H,11H2,1-6H3;1-10H;2-6,8-10H,1H3;2*1H;/q;;;;;+2/p-2. The average molecular weight is 761 g/mol. The zero-order chi connectivity index (χ0) is 32.9. The van der Waals surface area contributed by atoms with Crippen LogP contribution in [0.5, 0.6) is 0 Å². The average Bonchev–Trinajstić information content (AvgIpc) is 3.63. The first-order valence-corrected chi connectivity index (χ1v) is 20.8. The third-order valence-corrected chi connectivity index (χ3v) is 18.2. The normalized spacial score (nSPS) is 14.7. The molecule has 1 unspecified atom stereocenters. The molecule has 49 heavy (non-hydrogen) atoms. The fourth-order valence-electron chi connectivity index (χ4n) is 7.55. The summed E-state index contributed by atoms with van der Waals surface area (Å²) in [6.07, 6.45) is 6.14. The summed E-state index contributed by atoms with van der Waals surface area (Å²) in [7, 11) is 0. The third kappa shape index (κ3) is 7.24. The van der Waals surface area contributed by atoms with E-state index in [0.29, 0.717) is 5.92 Å². The van der Waals surface area contributed by atoms with Gasteiger partial charge in [-0.1, -0.05) is 0 Å². The predicted octanol–water partition coefficient (Wildman–Crippen LogP) is 4.99. The van der Waals surface area contributed by atoms with Crippen molar-refractivity contribution in [1.82, 2.24) is 0 Å². The van der Waals surface area contributed by atoms with Gasteiger partial charge in [0.1, 0.15) is 0 Å². The molecule has 0 aliphatic heterocycles. The molecule has 0 saturated carbocycles. The van der Waals surface area contributed by atoms with Crippen LogP contribution in [-0.2, 0) is 38.5 Å². The van der Waals surface area contributed by atoms with Crippen molar-refractivity contribution in [3.63, 3.8) is 0 Å². The van der Waals surface area contributed by atoms with E-state index >= 15 is 0 Å². The molecule has 0 spiro atoms. The van der Waals surface area contributed by atoms with Gasteiger partial charge in [-0.15, -0.1) is 0 Å². The molecule has 0 radical (unpaired) electrons. The van der Waals surface area contributed by atoms with Gasteiger partial charge in [-0.05, 0) is 0 Å². The zero-order valence-electron chi connectivity index (χ0n) is 29.7. The Balaban J connectivity index is 0.00000234. The third-order valence-electron chi connectivity index (χ3n) is 10.0. The summed E-state index contributed by atoms with van der Waals surface area (Å²) in [5.74, 6) is 0.377. The van der Waals surface area contributed by atoms with Crippen LogP contribution in [0.25, 0.3) is 16.7 Å². The van der Waals surface area contributed by atoms with Gasteiger partial charge >= 0.3 is 292 Å². The molecule has 1 atom stereocenters. The molecule has 0 amide bonds. The van der Waals surface area contributed by atoms with Crippen molar-refractivity contribution in [2.45, 2.75) is 65.7 Å². The van der Waals surface area contributed by atoms with Gasteiger partial charge in [0, 0.05) is 0 Å². The van der Waals surface area contributed by atoms with Crippen LogP contribution in [-0.4, -0.2) is 3.21 Å². The van der Waals surface area contributed by atoms with Gasteiger partial charge in [-0.3, -0.25) is 0 Å². The van der Waals surface area contributed by atoms with Crippen molar-refractivity contribution < 1.29 is 46.1 Å². The minimum absolute atomic E-state index is 0. The van der Waals surface area contributed by atoms with E-state index < -0.39 is 21.3 Å². The molecule has 0 fully saturated rings. The Bertz CT molecular complexity index is 2010. The largest absolute Gasteiger partial charge is 1.00 e. The SMILES string of the molecule is CC1C=C(c2ccccc2)C=[C]1[Zr+2](=[C](c1ccccc1)c1ccccc1)[c]1c(C(C)(C)C)ccc2c1Cc1cc(C(C)(C)C)ccc1-2.[Cl-].[Cl-]. The van der Waals surface area contributed by atoms with E-state index in [1.807, 2.05) is 0 Å². The number of hydrogen-bond donors (Lipinski definition) is 0. The molecule has 7 rings (SSSR count). The molecule has 2 aliphatic rings. The van der Waals surface area contributed by atoms with E-state index in [2.05, 4.69) is 182 Å². The minimum Gasteiger partial charge on any atom is -1.00 e. The number of benzene rings is 5. The first-order valence-electron chi connectivity index (χ1n) is 17.2. The second kappa shape index (κ2) is 14.6. The Kier molecular flexibility index (Phi) is 11.1. The molecule has 248 valence electrons. The van der Waals surface area contributed by atoms with Crippen LogP contribution in [0.2, 0.25) is 0 Å². The summed E-state index contributed by atoms with van der Waals surface area (Å²) in [6, 6.07) is 45.9. The van der Waals surface area contributed by atoms with Gasteiger partial charge in [0.05, 0.1) is 0 Å². The fourth-order valence-corrected chi connectivity index (χ4v) is 17.0. The summed E-state index contributed by atoms with van der Waals surface area (Å²) in [5, 5.41) is 0. The Morgan fingerprint density at radius 2 is 1.18 bits per heavy atom. The zero-order valence-corrected chi connectivity index (χ0v) is 33.7. The van der Waals surface area contributed by atoms with Crippen LogP contribution in [0.4, 0.5) is 0 Å². The topological polar surface area (TPSA) is 0 Å². The molecular formula is C46H46Cl2Zr. The first-order chi connectivity index (χ1) is 22.5. The smallest absolute Gasteiger partial charge is 1.00 e. The van der Waals surface area contributed by atoms with Crippen molar-refractivity contribution in [3.8, 4) is 11.1 Å². The van der Waals surface area contributed by atoms with Crippen molar-refractivity contribution in [1.29, 1.82) is 0 Å². The molecular weight excluding hydrogens is 715 g/mol. The van der Waals surface area contributed by atoms with E-state index in [-0.39, 0.29) is 35.6 Å². The van der Waals surface area contributed by atoms with Gasteiger partial charge in [0.25, 0.3) is 0 Å². The van der Waals surface area contributed by atoms with Crippen LogP contribution in [0.3, 0.4) is 0 Å². The second-order valence-corrected chi connectivity index (χ2v) is 21.1. The van der Waals surface area contributed by atoms with E-state index in [9.17, 15) is 0 Å². The Morgan fingerprint density at radius 3 is 1.73 bits per heavy atom. The van der Waals surface area contributed by atoms with E-state index in [0.717, 1.165) is 6.42 Å². The van der Waals surface area contributed by atoms with Gasteiger partial charge < -0.3 is 24.8 Å². The quantitative estimate of drug-likeness (QED) is 0.233. The van der Waals surface area contributed by atoms with Crippen molar-refractivity contribution >= 4 is 12.1 Å². The van der Waals surface area contributed by atoms with Gasteiger partial charge in [-0.2, -0.15) is 0 Å². The van der Waals surface area contributed by atoms with Crippen molar-refractivity contribution in [3.05, 3.63) is 176 Å². The maximum atomic E-state index is 2.60. The summed E-state index contributed by atoms with van der Waals surface area (Å²) < 4.78 is 4.94. The molecule has 0 N–H and O–H groups in total. The van der Waals surface area contributed by atoms with Crippen molar-refractivity contribution in [2.24, 2.45) is 5.92 Å². The number of rotatable bonds is 5. The van der Waals surface area contributed by atoms with Crippen LogP contribution in [0.15, 0.2) is 137 Å². The molecule has 0 saturated heterocycles. The number of hydrogen-bond acceptors (Lipinski definition) is 0. The molecule has 2 aliphatic carbocycles. The summed E-state index contributed by atoms with van der Waals surface area (Å²) in [4.78, 5) is 0. The van der Waals surface area contributed by atoms with Crippen LogP contribution < -0.4 is 28.1 Å². The Hall–Kier alpha value is -3.09. The summed E-state index contributed by atoms with van der Waals surface area (Å²) >= 11 is -2.96.